The summed E-state index contributed by atoms with van der Waals surface area (Å²) in [6, 6.07) is 71.7. The van der Waals surface area contributed by atoms with Gasteiger partial charge in [-0.3, -0.25) is 0 Å². The number of para-hydroxylation sites is 1. The molecule has 11 aromatic rings. The Morgan fingerprint density at radius 2 is 0.965 bits per heavy atom. The number of hydrogen-bond donors (Lipinski definition) is 0. The van der Waals surface area contributed by atoms with Crippen LogP contribution in [0.5, 0.6) is 0 Å². The van der Waals surface area contributed by atoms with E-state index in [-0.39, 0.29) is 5.41 Å². The molecule has 0 amide bonds. The summed E-state index contributed by atoms with van der Waals surface area (Å²) in [4.78, 5) is 0. The van der Waals surface area contributed by atoms with E-state index < -0.39 is 0 Å². The summed E-state index contributed by atoms with van der Waals surface area (Å²) in [7, 11) is 0. The monoisotopic (exact) mass is 726 g/mol. The lowest BCUT2D eigenvalue weighted by Crippen LogP contribution is -2.15. The average Bonchev–Trinajstić information content (AvgIpc) is 3.86. The Bertz CT molecular complexity index is 3410. The van der Waals surface area contributed by atoms with Crippen LogP contribution in [0.3, 0.4) is 0 Å². The first-order valence-corrected chi connectivity index (χ1v) is 19.9. The molecule has 268 valence electrons. The molecule has 0 N–H and O–H groups in total. The Morgan fingerprint density at radius 3 is 1.79 bits per heavy atom. The molecule has 2 aromatic heterocycles. The van der Waals surface area contributed by atoms with Crippen molar-refractivity contribution in [3.63, 3.8) is 0 Å². The third-order valence-corrected chi connectivity index (χ3v) is 12.7. The Labute approximate surface area is 331 Å². The number of nitrogens with zero attached hydrogens (tertiary/aromatic N) is 2. The van der Waals surface area contributed by atoms with Crippen molar-refractivity contribution in [3.8, 4) is 44.8 Å². The van der Waals surface area contributed by atoms with E-state index >= 15 is 0 Å². The predicted molar refractivity (Wildman–Crippen MR) is 241 cm³/mol. The molecule has 0 radical (unpaired) electrons. The standard InChI is InChI=1S/C55H38N2/c1-55(2)47-20-10-8-18-42(47)44-29-32-52-53(54(44)55)46-34-39(26-31-51(46)56(52)40-27-23-36(24-28-40)35-13-4-3-5-14-35)38-25-30-50-45(33-38)43-19-9-11-21-49(43)57(50)48-22-12-16-37-15-6-7-17-41(37)48/h3-34H,1-2H3. The third kappa shape index (κ3) is 4.59. The third-order valence-electron chi connectivity index (χ3n) is 12.7. The van der Waals surface area contributed by atoms with E-state index in [2.05, 4.69) is 217 Å². The van der Waals surface area contributed by atoms with Crippen LogP contribution in [-0.2, 0) is 5.41 Å². The Balaban J connectivity index is 1.09. The first-order valence-electron chi connectivity index (χ1n) is 19.9. The van der Waals surface area contributed by atoms with Gasteiger partial charge in [0.05, 0.1) is 27.8 Å². The van der Waals surface area contributed by atoms with Crippen LogP contribution >= 0.6 is 0 Å². The van der Waals surface area contributed by atoms with Gasteiger partial charge in [0.25, 0.3) is 0 Å². The molecule has 2 heterocycles. The maximum Gasteiger partial charge on any atom is 0.0544 e. The molecule has 9 aromatic carbocycles. The number of hydrogen-bond acceptors (Lipinski definition) is 0. The van der Waals surface area contributed by atoms with Crippen molar-refractivity contribution in [3.05, 3.63) is 205 Å². The molecule has 1 aliphatic rings. The molecule has 1 aliphatic carbocycles. The number of aromatic nitrogens is 2. The van der Waals surface area contributed by atoms with E-state index in [1.54, 1.807) is 0 Å². The minimum absolute atomic E-state index is 0.153. The Kier molecular flexibility index (Phi) is 6.72. The maximum atomic E-state index is 2.48. The number of benzene rings is 9. The highest BCUT2D eigenvalue weighted by molar-refractivity contribution is 6.16. The summed E-state index contributed by atoms with van der Waals surface area (Å²) in [5.74, 6) is 0. The van der Waals surface area contributed by atoms with Gasteiger partial charge in [-0.2, -0.15) is 0 Å². The van der Waals surface area contributed by atoms with Gasteiger partial charge in [0.15, 0.2) is 0 Å². The fourth-order valence-corrected chi connectivity index (χ4v) is 10.1. The minimum atomic E-state index is -0.153. The highest BCUT2D eigenvalue weighted by Gasteiger charge is 2.38. The first kappa shape index (κ1) is 32.1. The molecule has 0 spiro atoms. The van der Waals surface area contributed by atoms with E-state index in [0.29, 0.717) is 0 Å². The van der Waals surface area contributed by atoms with Crippen molar-refractivity contribution in [2.24, 2.45) is 0 Å². The van der Waals surface area contributed by atoms with Crippen LogP contribution < -0.4 is 0 Å². The van der Waals surface area contributed by atoms with Crippen molar-refractivity contribution >= 4 is 54.4 Å². The van der Waals surface area contributed by atoms with Crippen LogP contribution in [0.2, 0.25) is 0 Å². The smallest absolute Gasteiger partial charge is 0.0544 e. The molecule has 2 heteroatoms. The van der Waals surface area contributed by atoms with Gasteiger partial charge in [-0.25, -0.2) is 0 Å². The quantitative estimate of drug-likeness (QED) is 0.171. The summed E-state index contributed by atoms with van der Waals surface area (Å²) < 4.78 is 4.92. The largest absolute Gasteiger partial charge is 0.309 e. The van der Waals surface area contributed by atoms with Gasteiger partial charge in [0.1, 0.15) is 0 Å². The average molecular weight is 727 g/mol. The lowest BCUT2D eigenvalue weighted by Gasteiger charge is -2.22. The van der Waals surface area contributed by atoms with Crippen LogP contribution in [0.25, 0.3) is 99.1 Å². The van der Waals surface area contributed by atoms with E-state index in [9.17, 15) is 0 Å². The molecule has 0 fully saturated rings. The zero-order valence-corrected chi connectivity index (χ0v) is 31.9. The Morgan fingerprint density at radius 1 is 0.368 bits per heavy atom. The van der Waals surface area contributed by atoms with E-state index in [1.807, 2.05) is 0 Å². The Hall–Kier alpha value is -7.16. The summed E-state index contributed by atoms with van der Waals surface area (Å²) >= 11 is 0. The van der Waals surface area contributed by atoms with Crippen LogP contribution in [0.1, 0.15) is 25.0 Å². The van der Waals surface area contributed by atoms with Crippen LogP contribution in [0.4, 0.5) is 0 Å². The lowest BCUT2D eigenvalue weighted by molar-refractivity contribution is 0.666. The van der Waals surface area contributed by atoms with Gasteiger partial charge < -0.3 is 9.13 Å². The number of rotatable bonds is 4. The molecule has 0 atom stereocenters. The maximum absolute atomic E-state index is 2.48. The van der Waals surface area contributed by atoms with Crippen molar-refractivity contribution in [1.29, 1.82) is 0 Å². The van der Waals surface area contributed by atoms with Crippen LogP contribution in [0, 0.1) is 0 Å². The number of fused-ring (bicyclic) bond motifs is 11. The van der Waals surface area contributed by atoms with Crippen molar-refractivity contribution in [2.75, 3.05) is 0 Å². The molecular weight excluding hydrogens is 689 g/mol. The molecule has 57 heavy (non-hydrogen) atoms. The predicted octanol–water partition coefficient (Wildman–Crippen LogP) is 14.7. The lowest BCUT2D eigenvalue weighted by atomic mass is 9.80. The summed E-state index contributed by atoms with van der Waals surface area (Å²) in [5.41, 5.74) is 17.5. The van der Waals surface area contributed by atoms with Crippen molar-refractivity contribution < 1.29 is 0 Å². The molecule has 12 rings (SSSR count). The zero-order valence-electron chi connectivity index (χ0n) is 31.9. The highest BCUT2D eigenvalue weighted by atomic mass is 15.0. The first-order chi connectivity index (χ1) is 28.0. The van der Waals surface area contributed by atoms with Gasteiger partial charge in [-0.05, 0) is 104 Å². The van der Waals surface area contributed by atoms with E-state index in [0.717, 1.165) is 0 Å². The second kappa shape index (κ2) is 11.9. The second-order valence-electron chi connectivity index (χ2n) is 16.1. The van der Waals surface area contributed by atoms with Crippen LogP contribution in [-0.4, -0.2) is 9.13 Å². The van der Waals surface area contributed by atoms with E-state index in [1.165, 1.54) is 110 Å². The van der Waals surface area contributed by atoms with Gasteiger partial charge in [-0.15, -0.1) is 0 Å². The van der Waals surface area contributed by atoms with Gasteiger partial charge in [0, 0.05) is 38.0 Å². The van der Waals surface area contributed by atoms with Gasteiger partial charge in [-0.1, -0.05) is 153 Å². The second-order valence-corrected chi connectivity index (χ2v) is 16.1. The summed E-state index contributed by atoms with van der Waals surface area (Å²) in [6.07, 6.45) is 0. The topological polar surface area (TPSA) is 9.86 Å². The summed E-state index contributed by atoms with van der Waals surface area (Å²) in [6.45, 7) is 4.80. The molecule has 0 unspecified atom stereocenters. The summed E-state index contributed by atoms with van der Waals surface area (Å²) in [5, 5.41) is 7.64. The SMILES string of the molecule is CC1(C)c2ccccc2-c2ccc3c(c21)c1cc(-c2ccc4c(c2)c2ccccc2n4-c2cccc4ccccc24)ccc1n3-c1ccc(-c2ccccc2)cc1. The van der Waals surface area contributed by atoms with Crippen LogP contribution in [0.15, 0.2) is 194 Å². The molecule has 0 saturated heterocycles. The minimum Gasteiger partial charge on any atom is -0.309 e. The normalized spacial score (nSPS) is 13.2. The fraction of sp³-hybridized carbons (Fsp3) is 0.0545. The van der Waals surface area contributed by atoms with Crippen molar-refractivity contribution in [2.45, 2.75) is 19.3 Å². The molecule has 0 bridgehead atoms. The van der Waals surface area contributed by atoms with Gasteiger partial charge in [0.2, 0.25) is 0 Å². The molecule has 2 nitrogen and oxygen atoms in total. The highest BCUT2D eigenvalue weighted by Crippen LogP contribution is 2.53. The zero-order chi connectivity index (χ0) is 37.8. The van der Waals surface area contributed by atoms with Gasteiger partial charge >= 0.3 is 0 Å². The fourth-order valence-electron chi connectivity index (χ4n) is 10.1. The van der Waals surface area contributed by atoms with E-state index in [4.69, 9.17) is 0 Å². The molecular formula is C55H38N2. The molecule has 0 aliphatic heterocycles. The molecule has 0 saturated carbocycles. The van der Waals surface area contributed by atoms with Crippen molar-refractivity contribution in [1.82, 2.24) is 9.13 Å².